The molecule has 28 heavy (non-hydrogen) atoms. The zero-order chi connectivity index (χ0) is 20.5. The number of aromatic nitrogens is 1. The molecule has 0 amide bonds. The van der Waals surface area contributed by atoms with Crippen molar-refractivity contribution in [2.75, 3.05) is 26.3 Å². The van der Waals surface area contributed by atoms with E-state index in [1.807, 2.05) is 20.0 Å². The highest BCUT2D eigenvalue weighted by Gasteiger charge is 2.23. The van der Waals surface area contributed by atoms with Gasteiger partial charge in [0.25, 0.3) is 0 Å². The van der Waals surface area contributed by atoms with Crippen molar-refractivity contribution in [1.29, 1.82) is 0 Å². The molecule has 5 nitrogen and oxygen atoms in total. The molecule has 2 aromatic rings. The number of hydrogen-bond donors (Lipinski definition) is 1. The molecule has 0 saturated heterocycles. The second-order valence-electron chi connectivity index (χ2n) is 7.13. The monoisotopic (exact) mass is 386 g/mol. The molecule has 1 aromatic carbocycles. The van der Waals surface area contributed by atoms with Crippen molar-refractivity contribution >= 4 is 16.9 Å². The minimum absolute atomic E-state index is 0.0394. The van der Waals surface area contributed by atoms with Gasteiger partial charge in [0.2, 0.25) is 0 Å². The Morgan fingerprint density at radius 2 is 1.93 bits per heavy atom. The SMILES string of the molecule is CCOC(=O)/C=C/N(CC)CCc1c(C(OCC)C(C)C)[nH]c2ccccc12. The first-order chi connectivity index (χ1) is 13.5. The fourth-order valence-corrected chi connectivity index (χ4v) is 3.47. The molecule has 1 N–H and O–H groups in total. The smallest absolute Gasteiger partial charge is 0.332 e. The zero-order valence-electron chi connectivity index (χ0n) is 17.8. The van der Waals surface area contributed by atoms with Crippen LogP contribution in [0.5, 0.6) is 0 Å². The van der Waals surface area contributed by atoms with Crippen molar-refractivity contribution in [3.63, 3.8) is 0 Å². The Labute approximate surface area is 168 Å². The van der Waals surface area contributed by atoms with E-state index < -0.39 is 0 Å². The number of nitrogens with zero attached hydrogens (tertiary/aromatic N) is 1. The Hall–Kier alpha value is -2.27. The first kappa shape index (κ1) is 22.0. The molecule has 5 heteroatoms. The summed E-state index contributed by atoms with van der Waals surface area (Å²) in [5.74, 6) is 0.0719. The molecule has 1 aromatic heterocycles. The summed E-state index contributed by atoms with van der Waals surface area (Å²) >= 11 is 0. The molecule has 154 valence electrons. The fraction of sp³-hybridized carbons (Fsp3) is 0.522. The van der Waals surface area contributed by atoms with Crippen molar-refractivity contribution in [3.05, 3.63) is 47.8 Å². The van der Waals surface area contributed by atoms with Gasteiger partial charge in [0.05, 0.1) is 12.7 Å². The van der Waals surface area contributed by atoms with Gasteiger partial charge < -0.3 is 19.4 Å². The van der Waals surface area contributed by atoms with Crippen LogP contribution in [0.4, 0.5) is 0 Å². The van der Waals surface area contributed by atoms with Crippen molar-refractivity contribution < 1.29 is 14.3 Å². The summed E-state index contributed by atoms with van der Waals surface area (Å²) in [7, 11) is 0. The molecule has 0 aliphatic heterocycles. The minimum atomic E-state index is -0.301. The lowest BCUT2D eigenvalue weighted by Crippen LogP contribution is -2.21. The molecule has 1 atom stereocenters. The average molecular weight is 387 g/mol. The molecule has 0 spiro atoms. The first-order valence-corrected chi connectivity index (χ1v) is 10.3. The van der Waals surface area contributed by atoms with Crippen LogP contribution in [0.25, 0.3) is 10.9 Å². The second kappa shape index (κ2) is 10.9. The van der Waals surface area contributed by atoms with E-state index in [0.29, 0.717) is 19.1 Å². The van der Waals surface area contributed by atoms with Crippen molar-refractivity contribution in [3.8, 4) is 0 Å². The topological polar surface area (TPSA) is 54.6 Å². The van der Waals surface area contributed by atoms with Gasteiger partial charge in [0.1, 0.15) is 0 Å². The lowest BCUT2D eigenvalue weighted by molar-refractivity contribution is -0.137. The highest BCUT2D eigenvalue weighted by molar-refractivity contribution is 5.85. The lowest BCUT2D eigenvalue weighted by Gasteiger charge is -2.23. The van der Waals surface area contributed by atoms with Gasteiger partial charge in [-0.05, 0) is 44.7 Å². The number of esters is 1. The van der Waals surface area contributed by atoms with Crippen LogP contribution < -0.4 is 0 Å². The molecular weight excluding hydrogens is 352 g/mol. The van der Waals surface area contributed by atoms with Gasteiger partial charge in [-0.1, -0.05) is 32.0 Å². The third-order valence-corrected chi connectivity index (χ3v) is 4.85. The standard InChI is InChI=1S/C23H34N2O3/c1-6-25(16-14-21(26)27-7-2)15-13-19-18-11-9-10-12-20(18)24-22(19)23(17(4)5)28-8-3/h9-12,14,16-17,23-24H,6-8,13,15H2,1-5H3/b16-14+. The van der Waals surface area contributed by atoms with Gasteiger partial charge in [-0.2, -0.15) is 0 Å². The predicted octanol–water partition coefficient (Wildman–Crippen LogP) is 4.84. The van der Waals surface area contributed by atoms with Gasteiger partial charge in [-0.3, -0.25) is 0 Å². The summed E-state index contributed by atoms with van der Waals surface area (Å²) < 4.78 is 11.1. The Kier molecular flexibility index (Phi) is 8.58. The number of aromatic amines is 1. The van der Waals surface area contributed by atoms with E-state index in [1.165, 1.54) is 22.7 Å². The van der Waals surface area contributed by atoms with E-state index in [1.54, 1.807) is 0 Å². The maximum absolute atomic E-state index is 11.6. The Bertz CT molecular complexity index is 779. The third kappa shape index (κ3) is 5.61. The Balaban J connectivity index is 2.26. The van der Waals surface area contributed by atoms with Crippen LogP contribution in [0.15, 0.2) is 36.5 Å². The van der Waals surface area contributed by atoms with E-state index in [2.05, 4.69) is 54.9 Å². The van der Waals surface area contributed by atoms with Crippen molar-refractivity contribution in [2.45, 2.75) is 47.1 Å². The second-order valence-corrected chi connectivity index (χ2v) is 7.13. The summed E-state index contributed by atoms with van der Waals surface area (Å²) in [6.45, 7) is 13.0. The predicted molar refractivity (Wildman–Crippen MR) is 114 cm³/mol. The number of H-pyrrole nitrogens is 1. The van der Waals surface area contributed by atoms with Gasteiger partial charge in [-0.25, -0.2) is 4.79 Å². The summed E-state index contributed by atoms with van der Waals surface area (Å²) in [5, 5.41) is 1.24. The van der Waals surface area contributed by atoms with E-state index in [4.69, 9.17) is 9.47 Å². The number of para-hydroxylation sites is 1. The average Bonchev–Trinajstić information content (AvgIpc) is 3.04. The van der Waals surface area contributed by atoms with Crippen molar-refractivity contribution in [1.82, 2.24) is 9.88 Å². The normalized spacial score (nSPS) is 12.8. The largest absolute Gasteiger partial charge is 0.463 e. The molecule has 0 saturated carbocycles. The molecule has 2 rings (SSSR count). The number of carbonyl (C=O) groups excluding carboxylic acids is 1. The Morgan fingerprint density at radius 3 is 2.57 bits per heavy atom. The molecule has 1 heterocycles. The van der Waals surface area contributed by atoms with Crippen molar-refractivity contribution in [2.24, 2.45) is 5.92 Å². The summed E-state index contributed by atoms with van der Waals surface area (Å²) in [6, 6.07) is 8.41. The van der Waals surface area contributed by atoms with Crippen LogP contribution in [-0.4, -0.2) is 42.2 Å². The van der Waals surface area contributed by atoms with Crippen LogP contribution >= 0.6 is 0 Å². The molecule has 0 radical (unpaired) electrons. The van der Waals surface area contributed by atoms with Crippen LogP contribution in [0, 0.1) is 5.92 Å². The number of carbonyl (C=O) groups is 1. The van der Waals surface area contributed by atoms with Crippen LogP contribution in [0.3, 0.4) is 0 Å². The number of nitrogens with one attached hydrogen (secondary N) is 1. The van der Waals surface area contributed by atoms with Gasteiger partial charge in [0.15, 0.2) is 0 Å². The maximum atomic E-state index is 11.6. The number of fused-ring (bicyclic) bond motifs is 1. The zero-order valence-corrected chi connectivity index (χ0v) is 17.8. The number of hydrogen-bond acceptors (Lipinski definition) is 4. The molecular formula is C23H34N2O3. The quantitative estimate of drug-likeness (QED) is 0.443. The van der Waals surface area contributed by atoms with Crippen LogP contribution in [0.1, 0.15) is 52.0 Å². The third-order valence-electron chi connectivity index (χ3n) is 4.85. The fourth-order valence-electron chi connectivity index (χ4n) is 3.47. The first-order valence-electron chi connectivity index (χ1n) is 10.3. The van der Waals surface area contributed by atoms with Gasteiger partial charge in [0, 0.05) is 48.6 Å². The van der Waals surface area contributed by atoms with Gasteiger partial charge in [-0.15, -0.1) is 0 Å². The number of likely N-dealkylation sites (N-methyl/N-ethyl adjacent to an activating group) is 1. The summed E-state index contributed by atoms with van der Waals surface area (Å²) in [5.41, 5.74) is 3.61. The highest BCUT2D eigenvalue weighted by atomic mass is 16.5. The van der Waals surface area contributed by atoms with E-state index >= 15 is 0 Å². The molecule has 0 bridgehead atoms. The van der Waals surface area contributed by atoms with Crippen LogP contribution in [-0.2, 0) is 20.7 Å². The number of ether oxygens (including phenoxy) is 2. The molecule has 0 aliphatic rings. The number of rotatable bonds is 11. The highest BCUT2D eigenvalue weighted by Crippen LogP contribution is 2.33. The van der Waals surface area contributed by atoms with E-state index in [-0.39, 0.29) is 12.1 Å². The van der Waals surface area contributed by atoms with E-state index in [0.717, 1.165) is 25.0 Å². The number of benzene rings is 1. The van der Waals surface area contributed by atoms with E-state index in [9.17, 15) is 4.79 Å². The van der Waals surface area contributed by atoms with Gasteiger partial charge >= 0.3 is 5.97 Å². The molecule has 0 aliphatic carbocycles. The summed E-state index contributed by atoms with van der Waals surface area (Å²) in [6.07, 6.45) is 4.24. The summed E-state index contributed by atoms with van der Waals surface area (Å²) in [4.78, 5) is 17.3. The minimum Gasteiger partial charge on any atom is -0.463 e. The van der Waals surface area contributed by atoms with Crippen LogP contribution in [0.2, 0.25) is 0 Å². The Morgan fingerprint density at radius 1 is 1.18 bits per heavy atom. The maximum Gasteiger partial charge on any atom is 0.332 e. The molecule has 0 fully saturated rings. The lowest BCUT2D eigenvalue weighted by atomic mass is 9.97. The molecule has 1 unspecified atom stereocenters.